The summed E-state index contributed by atoms with van der Waals surface area (Å²) in [4.78, 5) is 38.1. The third kappa shape index (κ3) is 53.7. The maximum absolute atomic E-state index is 12.8. The quantitative estimate of drug-likeness (QED) is 0.0262. The van der Waals surface area contributed by atoms with Crippen LogP contribution in [0.5, 0.6) is 0 Å². The molecule has 0 N–H and O–H groups in total. The van der Waals surface area contributed by atoms with E-state index < -0.39 is 6.10 Å². The molecular formula is C61H106O6. The second-order valence-electron chi connectivity index (χ2n) is 18.8. The molecule has 0 aliphatic carbocycles. The zero-order chi connectivity index (χ0) is 48.6. The molecule has 0 aromatic carbocycles. The summed E-state index contributed by atoms with van der Waals surface area (Å²) in [5.74, 6) is -0.921. The Balaban J connectivity index is 4.40. The van der Waals surface area contributed by atoms with Crippen LogP contribution < -0.4 is 0 Å². The molecule has 67 heavy (non-hydrogen) atoms. The van der Waals surface area contributed by atoms with Crippen molar-refractivity contribution in [3.8, 4) is 0 Å². The van der Waals surface area contributed by atoms with Gasteiger partial charge in [-0.15, -0.1) is 0 Å². The van der Waals surface area contributed by atoms with Crippen LogP contribution in [0.4, 0.5) is 0 Å². The standard InChI is InChI=1S/C61H106O6/c1-4-7-10-13-16-19-22-25-27-29-31-33-34-36-39-42-45-48-51-54-60(63)66-57-58(56-65-59(62)53-50-47-44-41-38-24-21-18-15-12-9-6-3)67-61(64)55-52-49-46-43-40-37-35-32-30-28-26-23-20-17-14-11-8-5-2/h7,10,16,18-19,21,25,27,31,33,36,39,58H,4-6,8-9,11-15,17,20,22-24,26,28-30,32,34-35,37-38,40-57H2,1-3H3/b10-7-,19-16-,21-18-,27-25-,33-31-,39-36-. The first kappa shape index (κ1) is 63.8. The highest BCUT2D eigenvalue weighted by Gasteiger charge is 2.19. The van der Waals surface area contributed by atoms with Gasteiger partial charge in [0.1, 0.15) is 13.2 Å². The monoisotopic (exact) mass is 935 g/mol. The molecule has 0 saturated carbocycles. The van der Waals surface area contributed by atoms with E-state index in [1.54, 1.807) is 0 Å². The number of rotatable bonds is 51. The summed E-state index contributed by atoms with van der Waals surface area (Å²) in [5.41, 5.74) is 0. The predicted molar refractivity (Wildman–Crippen MR) is 288 cm³/mol. The Hall–Kier alpha value is -3.15. The van der Waals surface area contributed by atoms with E-state index in [9.17, 15) is 14.4 Å². The van der Waals surface area contributed by atoms with Gasteiger partial charge in [-0.3, -0.25) is 14.4 Å². The first-order valence-electron chi connectivity index (χ1n) is 28.4. The molecule has 6 heteroatoms. The van der Waals surface area contributed by atoms with Crippen molar-refractivity contribution in [1.29, 1.82) is 0 Å². The lowest BCUT2D eigenvalue weighted by Gasteiger charge is -2.18. The minimum absolute atomic E-state index is 0.0885. The SMILES string of the molecule is CC/C=C\C/C=C\C/C=C\C/C=C\C/C=C\CCCCCC(=O)OCC(COC(=O)CCCCCCC/C=C\CCCCC)OC(=O)CCCCCCCCCCCCCCCCCCCC. The van der Waals surface area contributed by atoms with E-state index in [0.717, 1.165) is 103 Å². The van der Waals surface area contributed by atoms with Gasteiger partial charge in [-0.2, -0.15) is 0 Å². The van der Waals surface area contributed by atoms with Crippen LogP contribution in [0.3, 0.4) is 0 Å². The normalized spacial score (nSPS) is 12.6. The lowest BCUT2D eigenvalue weighted by Crippen LogP contribution is -2.30. The predicted octanol–water partition coefficient (Wildman–Crippen LogP) is 19.0. The van der Waals surface area contributed by atoms with Crippen LogP contribution in [-0.4, -0.2) is 37.2 Å². The summed E-state index contributed by atoms with van der Waals surface area (Å²) in [6.07, 6.45) is 70.3. The van der Waals surface area contributed by atoms with Crippen LogP contribution in [0, 0.1) is 0 Å². The summed E-state index contributed by atoms with van der Waals surface area (Å²) in [5, 5.41) is 0. The van der Waals surface area contributed by atoms with Crippen LogP contribution in [0.2, 0.25) is 0 Å². The molecule has 0 aliphatic rings. The average molecular weight is 936 g/mol. The first-order chi connectivity index (χ1) is 33.0. The number of ether oxygens (including phenoxy) is 3. The van der Waals surface area contributed by atoms with Gasteiger partial charge in [-0.05, 0) is 89.9 Å². The van der Waals surface area contributed by atoms with Crippen molar-refractivity contribution in [2.24, 2.45) is 0 Å². The molecule has 0 aliphatic heterocycles. The van der Waals surface area contributed by atoms with Gasteiger partial charge in [0, 0.05) is 19.3 Å². The number of allylic oxidation sites excluding steroid dienone is 12. The highest BCUT2D eigenvalue weighted by atomic mass is 16.6. The largest absolute Gasteiger partial charge is 0.462 e. The van der Waals surface area contributed by atoms with Gasteiger partial charge in [0.25, 0.3) is 0 Å². The molecule has 0 heterocycles. The zero-order valence-corrected chi connectivity index (χ0v) is 44.2. The van der Waals surface area contributed by atoms with Crippen molar-refractivity contribution in [2.45, 2.75) is 284 Å². The fourth-order valence-electron chi connectivity index (χ4n) is 7.93. The lowest BCUT2D eigenvalue weighted by atomic mass is 10.0. The van der Waals surface area contributed by atoms with Crippen LogP contribution in [0.15, 0.2) is 72.9 Å². The number of hydrogen-bond acceptors (Lipinski definition) is 6. The summed E-state index contributed by atoms with van der Waals surface area (Å²) in [6.45, 7) is 6.49. The van der Waals surface area contributed by atoms with E-state index in [1.165, 1.54) is 135 Å². The van der Waals surface area contributed by atoms with E-state index in [4.69, 9.17) is 14.2 Å². The molecular weight excluding hydrogens is 829 g/mol. The zero-order valence-electron chi connectivity index (χ0n) is 44.2. The summed E-state index contributed by atoms with van der Waals surface area (Å²) >= 11 is 0. The highest BCUT2D eigenvalue weighted by Crippen LogP contribution is 2.16. The molecule has 386 valence electrons. The van der Waals surface area contributed by atoms with Gasteiger partial charge in [0.05, 0.1) is 0 Å². The van der Waals surface area contributed by atoms with Crippen LogP contribution in [0.25, 0.3) is 0 Å². The maximum atomic E-state index is 12.8. The third-order valence-corrected chi connectivity index (χ3v) is 12.2. The van der Waals surface area contributed by atoms with Crippen molar-refractivity contribution < 1.29 is 28.6 Å². The van der Waals surface area contributed by atoms with E-state index in [-0.39, 0.29) is 31.1 Å². The molecule has 0 saturated heterocycles. The number of esters is 3. The second-order valence-corrected chi connectivity index (χ2v) is 18.8. The van der Waals surface area contributed by atoms with Crippen LogP contribution in [-0.2, 0) is 28.6 Å². The van der Waals surface area contributed by atoms with Gasteiger partial charge in [0.2, 0.25) is 0 Å². The van der Waals surface area contributed by atoms with E-state index in [0.29, 0.717) is 19.3 Å². The molecule has 0 amide bonds. The van der Waals surface area contributed by atoms with E-state index >= 15 is 0 Å². The van der Waals surface area contributed by atoms with Gasteiger partial charge < -0.3 is 14.2 Å². The Morgan fingerprint density at radius 1 is 0.313 bits per heavy atom. The molecule has 1 unspecified atom stereocenters. The summed E-state index contributed by atoms with van der Waals surface area (Å²) < 4.78 is 16.8. The van der Waals surface area contributed by atoms with Crippen LogP contribution >= 0.6 is 0 Å². The minimum atomic E-state index is -0.790. The molecule has 1 atom stereocenters. The minimum Gasteiger partial charge on any atom is -0.462 e. The first-order valence-corrected chi connectivity index (χ1v) is 28.4. The molecule has 0 bridgehead atoms. The van der Waals surface area contributed by atoms with Crippen molar-refractivity contribution in [1.82, 2.24) is 0 Å². The number of carbonyl (C=O) groups excluding carboxylic acids is 3. The lowest BCUT2D eigenvalue weighted by molar-refractivity contribution is -0.167. The van der Waals surface area contributed by atoms with Gasteiger partial charge >= 0.3 is 17.9 Å². The molecule has 0 aromatic heterocycles. The Labute approximate surface area is 414 Å². The number of carbonyl (C=O) groups is 3. The van der Waals surface area contributed by atoms with Crippen molar-refractivity contribution in [3.05, 3.63) is 72.9 Å². The summed E-state index contributed by atoms with van der Waals surface area (Å²) in [7, 11) is 0. The van der Waals surface area contributed by atoms with Gasteiger partial charge in [0.15, 0.2) is 6.10 Å². The Bertz CT molecular complexity index is 1260. The van der Waals surface area contributed by atoms with Crippen LogP contribution in [0.1, 0.15) is 278 Å². The van der Waals surface area contributed by atoms with E-state index in [2.05, 4.69) is 93.7 Å². The molecule has 6 nitrogen and oxygen atoms in total. The highest BCUT2D eigenvalue weighted by molar-refractivity contribution is 5.71. The number of unbranched alkanes of at least 4 members (excludes halogenated alkanes) is 28. The van der Waals surface area contributed by atoms with E-state index in [1.807, 2.05) is 0 Å². The third-order valence-electron chi connectivity index (χ3n) is 12.2. The second kappa shape index (κ2) is 55.4. The fourth-order valence-corrected chi connectivity index (χ4v) is 7.93. The van der Waals surface area contributed by atoms with Crippen molar-refractivity contribution in [2.75, 3.05) is 13.2 Å². The molecule has 0 fully saturated rings. The average Bonchev–Trinajstić information content (AvgIpc) is 3.33. The Morgan fingerprint density at radius 3 is 0.970 bits per heavy atom. The summed E-state index contributed by atoms with van der Waals surface area (Å²) in [6, 6.07) is 0. The van der Waals surface area contributed by atoms with Crippen molar-refractivity contribution >= 4 is 17.9 Å². The molecule has 0 aromatic rings. The maximum Gasteiger partial charge on any atom is 0.306 e. The smallest absolute Gasteiger partial charge is 0.306 e. The van der Waals surface area contributed by atoms with Gasteiger partial charge in [-0.25, -0.2) is 0 Å². The molecule has 0 rings (SSSR count). The number of hydrogen-bond donors (Lipinski definition) is 0. The van der Waals surface area contributed by atoms with Crippen molar-refractivity contribution in [3.63, 3.8) is 0 Å². The molecule has 0 spiro atoms. The fraction of sp³-hybridized carbons (Fsp3) is 0.754. The topological polar surface area (TPSA) is 78.9 Å². The Morgan fingerprint density at radius 2 is 0.582 bits per heavy atom. The van der Waals surface area contributed by atoms with Gasteiger partial charge in [-0.1, -0.05) is 241 Å². The Kier molecular flexibility index (Phi) is 52.8. The molecule has 0 radical (unpaired) electrons.